The van der Waals surface area contributed by atoms with Gasteiger partial charge in [-0.05, 0) is 30.7 Å². The molecule has 0 aliphatic carbocycles. The first-order chi connectivity index (χ1) is 13.5. The number of para-hydroxylation sites is 2. The van der Waals surface area contributed by atoms with E-state index in [1.807, 2.05) is 0 Å². The standard InChI is InChI=1S/C19H19N3O5S/c1-26-17-6-3-2-5-14(17)20-19(23)15-11-16(18-7-4-9-27-18)22(21-15)13-8-10-28(24,25)12-13/h2-7,9,11,13H,8,10,12H2,1H3,(H,20,23). The summed E-state index contributed by atoms with van der Waals surface area (Å²) in [5.41, 5.74) is 1.26. The van der Waals surface area contributed by atoms with Crippen LogP contribution in [0.5, 0.6) is 5.75 Å². The SMILES string of the molecule is COc1ccccc1NC(=O)c1cc(-c2ccco2)n(C2CCS(=O)(=O)C2)n1. The summed E-state index contributed by atoms with van der Waals surface area (Å²) in [7, 11) is -1.58. The van der Waals surface area contributed by atoms with Crippen molar-refractivity contribution in [2.45, 2.75) is 12.5 Å². The Balaban J connectivity index is 1.68. The largest absolute Gasteiger partial charge is 0.495 e. The highest BCUT2D eigenvalue weighted by atomic mass is 32.2. The van der Waals surface area contributed by atoms with Crippen molar-refractivity contribution < 1.29 is 22.4 Å². The topological polar surface area (TPSA) is 103 Å². The fourth-order valence-electron chi connectivity index (χ4n) is 3.29. The Bertz CT molecular complexity index is 1100. The number of anilines is 1. The Morgan fingerprint density at radius 3 is 2.79 bits per heavy atom. The van der Waals surface area contributed by atoms with Crippen molar-refractivity contribution in [3.63, 3.8) is 0 Å². The van der Waals surface area contributed by atoms with E-state index in [1.165, 1.54) is 13.4 Å². The van der Waals surface area contributed by atoms with Crippen LogP contribution in [0.25, 0.3) is 11.5 Å². The highest BCUT2D eigenvalue weighted by Crippen LogP contribution is 2.31. The van der Waals surface area contributed by atoms with Crippen LogP contribution in [-0.2, 0) is 9.84 Å². The van der Waals surface area contributed by atoms with Gasteiger partial charge in [0.2, 0.25) is 0 Å². The van der Waals surface area contributed by atoms with Crippen molar-refractivity contribution in [2.24, 2.45) is 0 Å². The second-order valence-corrected chi connectivity index (χ2v) is 8.78. The second kappa shape index (κ2) is 7.16. The third-order valence-electron chi connectivity index (χ3n) is 4.65. The van der Waals surface area contributed by atoms with Crippen LogP contribution in [0.4, 0.5) is 5.69 Å². The van der Waals surface area contributed by atoms with E-state index >= 15 is 0 Å². The quantitative estimate of drug-likeness (QED) is 0.705. The molecule has 1 fully saturated rings. The molecule has 1 saturated heterocycles. The van der Waals surface area contributed by atoms with Crippen LogP contribution in [-0.4, -0.2) is 42.7 Å². The summed E-state index contributed by atoms with van der Waals surface area (Å²) >= 11 is 0. The maximum absolute atomic E-state index is 12.8. The first kappa shape index (κ1) is 18.3. The lowest BCUT2D eigenvalue weighted by Gasteiger charge is -2.11. The molecule has 1 aliphatic heterocycles. The summed E-state index contributed by atoms with van der Waals surface area (Å²) in [5, 5.41) is 7.19. The number of ether oxygens (including phenoxy) is 1. The molecule has 4 rings (SSSR count). The van der Waals surface area contributed by atoms with Gasteiger partial charge in [-0.3, -0.25) is 9.48 Å². The third-order valence-corrected chi connectivity index (χ3v) is 6.40. The van der Waals surface area contributed by atoms with Crippen molar-refractivity contribution >= 4 is 21.4 Å². The number of furan rings is 1. The lowest BCUT2D eigenvalue weighted by molar-refractivity contribution is 0.102. The average molecular weight is 401 g/mol. The number of nitrogens with one attached hydrogen (secondary N) is 1. The summed E-state index contributed by atoms with van der Waals surface area (Å²) < 4.78 is 36.1. The van der Waals surface area contributed by atoms with Crippen molar-refractivity contribution in [1.82, 2.24) is 9.78 Å². The van der Waals surface area contributed by atoms with Crippen LogP contribution in [0.15, 0.2) is 53.1 Å². The lowest BCUT2D eigenvalue weighted by Crippen LogP contribution is -2.16. The molecule has 1 aliphatic rings. The number of sulfone groups is 1. The molecule has 1 atom stereocenters. The van der Waals surface area contributed by atoms with Crippen molar-refractivity contribution in [3.8, 4) is 17.2 Å². The van der Waals surface area contributed by atoms with Crippen LogP contribution in [0.3, 0.4) is 0 Å². The average Bonchev–Trinajstić information content (AvgIpc) is 3.40. The zero-order valence-corrected chi connectivity index (χ0v) is 16.0. The van der Waals surface area contributed by atoms with Gasteiger partial charge in [0, 0.05) is 6.07 Å². The summed E-state index contributed by atoms with van der Waals surface area (Å²) in [4.78, 5) is 12.8. The molecular weight excluding hydrogens is 382 g/mol. The van der Waals surface area contributed by atoms with Crippen LogP contribution in [0, 0.1) is 0 Å². The number of carbonyl (C=O) groups excluding carboxylic acids is 1. The van der Waals surface area contributed by atoms with E-state index in [-0.39, 0.29) is 23.2 Å². The Hall–Kier alpha value is -3.07. The number of hydrogen-bond donors (Lipinski definition) is 1. The first-order valence-electron chi connectivity index (χ1n) is 8.75. The fraction of sp³-hybridized carbons (Fsp3) is 0.263. The highest BCUT2D eigenvalue weighted by molar-refractivity contribution is 7.91. The Kier molecular flexibility index (Phi) is 4.68. The molecule has 1 unspecified atom stereocenters. The molecule has 8 nitrogen and oxygen atoms in total. The first-order valence-corrected chi connectivity index (χ1v) is 10.6. The number of benzene rings is 1. The molecule has 0 spiro atoms. The molecule has 28 heavy (non-hydrogen) atoms. The van der Waals surface area contributed by atoms with Gasteiger partial charge in [-0.1, -0.05) is 12.1 Å². The molecule has 1 amide bonds. The number of methoxy groups -OCH3 is 1. The molecule has 3 aromatic rings. The van der Waals surface area contributed by atoms with Gasteiger partial charge in [0.1, 0.15) is 11.4 Å². The number of aromatic nitrogens is 2. The Labute approximate surface area is 162 Å². The van der Waals surface area contributed by atoms with Gasteiger partial charge < -0.3 is 14.5 Å². The Morgan fingerprint density at radius 2 is 2.11 bits per heavy atom. The summed E-state index contributed by atoms with van der Waals surface area (Å²) in [6, 6.07) is 11.8. The molecular formula is C19H19N3O5S. The number of hydrogen-bond acceptors (Lipinski definition) is 6. The van der Waals surface area contributed by atoms with Crippen LogP contribution < -0.4 is 10.1 Å². The minimum atomic E-state index is -3.11. The number of rotatable bonds is 5. The van der Waals surface area contributed by atoms with E-state index in [2.05, 4.69) is 10.4 Å². The molecule has 146 valence electrons. The fourth-order valence-corrected chi connectivity index (χ4v) is 4.99. The van der Waals surface area contributed by atoms with E-state index in [1.54, 1.807) is 47.1 Å². The van der Waals surface area contributed by atoms with Gasteiger partial charge in [-0.25, -0.2) is 8.42 Å². The van der Waals surface area contributed by atoms with Crippen molar-refractivity contribution in [2.75, 3.05) is 23.9 Å². The van der Waals surface area contributed by atoms with Gasteiger partial charge >= 0.3 is 0 Å². The van der Waals surface area contributed by atoms with E-state index in [9.17, 15) is 13.2 Å². The van der Waals surface area contributed by atoms with Crippen LogP contribution in [0.1, 0.15) is 23.0 Å². The molecule has 1 N–H and O–H groups in total. The lowest BCUT2D eigenvalue weighted by atomic mass is 10.2. The van der Waals surface area contributed by atoms with Gasteiger partial charge in [0.05, 0.1) is 36.6 Å². The zero-order chi connectivity index (χ0) is 19.7. The van der Waals surface area contributed by atoms with Crippen LogP contribution >= 0.6 is 0 Å². The predicted molar refractivity (Wildman–Crippen MR) is 103 cm³/mol. The summed E-state index contributed by atoms with van der Waals surface area (Å²) in [6.07, 6.45) is 1.97. The van der Waals surface area contributed by atoms with E-state index in [4.69, 9.17) is 9.15 Å². The highest BCUT2D eigenvalue weighted by Gasteiger charge is 2.32. The Morgan fingerprint density at radius 1 is 1.29 bits per heavy atom. The molecule has 0 radical (unpaired) electrons. The van der Waals surface area contributed by atoms with Gasteiger partial charge in [-0.15, -0.1) is 0 Å². The maximum Gasteiger partial charge on any atom is 0.276 e. The number of nitrogens with zero attached hydrogens (tertiary/aromatic N) is 2. The van der Waals surface area contributed by atoms with Crippen molar-refractivity contribution in [3.05, 3.63) is 54.4 Å². The number of carbonyl (C=O) groups is 1. The minimum Gasteiger partial charge on any atom is -0.495 e. The zero-order valence-electron chi connectivity index (χ0n) is 15.2. The molecule has 3 heterocycles. The number of amides is 1. The summed E-state index contributed by atoms with van der Waals surface area (Å²) in [6.45, 7) is 0. The van der Waals surface area contributed by atoms with Gasteiger partial charge in [-0.2, -0.15) is 5.10 Å². The normalized spacial score (nSPS) is 18.1. The van der Waals surface area contributed by atoms with E-state index in [0.29, 0.717) is 29.3 Å². The molecule has 2 aromatic heterocycles. The molecule has 0 bridgehead atoms. The van der Waals surface area contributed by atoms with Crippen molar-refractivity contribution in [1.29, 1.82) is 0 Å². The minimum absolute atomic E-state index is 0.00401. The molecule has 1 aromatic carbocycles. The second-order valence-electron chi connectivity index (χ2n) is 6.55. The molecule has 0 saturated carbocycles. The molecule has 9 heteroatoms. The smallest absolute Gasteiger partial charge is 0.276 e. The predicted octanol–water partition coefficient (Wildman–Crippen LogP) is 2.76. The van der Waals surface area contributed by atoms with E-state index in [0.717, 1.165) is 0 Å². The maximum atomic E-state index is 12.8. The van der Waals surface area contributed by atoms with E-state index < -0.39 is 15.7 Å². The summed E-state index contributed by atoms with van der Waals surface area (Å²) in [5.74, 6) is 0.738. The third kappa shape index (κ3) is 3.53. The van der Waals surface area contributed by atoms with Crippen LogP contribution in [0.2, 0.25) is 0 Å². The van der Waals surface area contributed by atoms with Gasteiger partial charge in [0.25, 0.3) is 5.91 Å². The van der Waals surface area contributed by atoms with Gasteiger partial charge in [0.15, 0.2) is 21.3 Å². The monoisotopic (exact) mass is 401 g/mol.